The molecular weight excluding hydrogens is 326 g/mol. The van der Waals surface area contributed by atoms with Gasteiger partial charge in [0.2, 0.25) is 0 Å². The summed E-state index contributed by atoms with van der Waals surface area (Å²) in [7, 11) is 0. The number of amides is 2. The second kappa shape index (κ2) is 8.61. The van der Waals surface area contributed by atoms with E-state index >= 15 is 0 Å². The van der Waals surface area contributed by atoms with E-state index in [-0.39, 0.29) is 6.03 Å². The highest BCUT2D eigenvalue weighted by Crippen LogP contribution is 2.20. The standard InChI is InChI=1S/C21H27N3O2/c1-3-26-20-10-8-19(9-11-20)23-12-14-24(15-13-23)21(25)22-16-18-7-5-4-6-17(18)2/h4-11H,3,12-16H2,1-2H3,(H,22,25). The Hall–Kier alpha value is -2.69. The lowest BCUT2D eigenvalue weighted by Gasteiger charge is -2.36. The third-order valence-electron chi connectivity index (χ3n) is 4.77. The molecule has 1 fully saturated rings. The molecule has 0 aliphatic carbocycles. The molecule has 0 spiro atoms. The fourth-order valence-corrected chi connectivity index (χ4v) is 3.18. The van der Waals surface area contributed by atoms with Gasteiger partial charge < -0.3 is 19.9 Å². The number of anilines is 1. The Kier molecular flexibility index (Phi) is 6.00. The summed E-state index contributed by atoms with van der Waals surface area (Å²) < 4.78 is 5.49. The number of carbonyl (C=O) groups is 1. The molecule has 0 unspecified atom stereocenters. The molecule has 26 heavy (non-hydrogen) atoms. The van der Waals surface area contributed by atoms with Crippen LogP contribution in [0.1, 0.15) is 18.1 Å². The van der Waals surface area contributed by atoms with E-state index in [0.717, 1.165) is 37.5 Å². The molecule has 138 valence electrons. The van der Waals surface area contributed by atoms with Crippen molar-refractivity contribution in [1.82, 2.24) is 10.2 Å². The Balaban J connectivity index is 1.48. The highest BCUT2D eigenvalue weighted by Gasteiger charge is 2.21. The van der Waals surface area contributed by atoms with Gasteiger partial charge in [-0.3, -0.25) is 0 Å². The van der Waals surface area contributed by atoms with Gasteiger partial charge in [-0.1, -0.05) is 24.3 Å². The Labute approximate surface area is 155 Å². The van der Waals surface area contributed by atoms with Gasteiger partial charge in [0.15, 0.2) is 0 Å². The van der Waals surface area contributed by atoms with Gasteiger partial charge in [-0.2, -0.15) is 0 Å². The number of carbonyl (C=O) groups excluding carboxylic acids is 1. The highest BCUT2D eigenvalue weighted by atomic mass is 16.5. The monoisotopic (exact) mass is 353 g/mol. The zero-order chi connectivity index (χ0) is 18.4. The molecule has 2 aromatic rings. The van der Waals surface area contributed by atoms with E-state index in [1.807, 2.05) is 36.1 Å². The number of urea groups is 1. The van der Waals surface area contributed by atoms with Crippen LogP contribution in [-0.4, -0.2) is 43.7 Å². The van der Waals surface area contributed by atoms with Crippen LogP contribution in [0.4, 0.5) is 10.5 Å². The molecule has 2 amide bonds. The van der Waals surface area contributed by atoms with Crippen LogP contribution in [0, 0.1) is 6.92 Å². The normalized spacial score (nSPS) is 14.2. The molecular formula is C21H27N3O2. The smallest absolute Gasteiger partial charge is 0.317 e. The van der Waals surface area contributed by atoms with Crippen molar-refractivity contribution in [2.75, 3.05) is 37.7 Å². The molecule has 1 heterocycles. The van der Waals surface area contributed by atoms with Crippen molar-refractivity contribution in [3.63, 3.8) is 0 Å². The number of rotatable bonds is 5. The summed E-state index contributed by atoms with van der Waals surface area (Å²) >= 11 is 0. The van der Waals surface area contributed by atoms with Crippen LogP contribution in [0.2, 0.25) is 0 Å². The molecule has 0 radical (unpaired) electrons. The van der Waals surface area contributed by atoms with E-state index in [1.54, 1.807) is 0 Å². The second-order valence-electron chi connectivity index (χ2n) is 6.49. The van der Waals surface area contributed by atoms with Crippen molar-refractivity contribution in [2.24, 2.45) is 0 Å². The number of hydrogen-bond donors (Lipinski definition) is 1. The van der Waals surface area contributed by atoms with Gasteiger partial charge in [-0.05, 0) is 49.2 Å². The Morgan fingerprint density at radius 1 is 1.04 bits per heavy atom. The van der Waals surface area contributed by atoms with E-state index in [9.17, 15) is 4.79 Å². The molecule has 1 N–H and O–H groups in total. The molecule has 0 aromatic heterocycles. The van der Waals surface area contributed by atoms with E-state index in [2.05, 4.69) is 41.4 Å². The zero-order valence-electron chi connectivity index (χ0n) is 15.6. The topological polar surface area (TPSA) is 44.8 Å². The number of aryl methyl sites for hydroxylation is 1. The first-order chi connectivity index (χ1) is 12.7. The summed E-state index contributed by atoms with van der Waals surface area (Å²) in [6, 6.07) is 16.3. The fourth-order valence-electron chi connectivity index (χ4n) is 3.18. The van der Waals surface area contributed by atoms with E-state index in [1.165, 1.54) is 11.3 Å². The Morgan fingerprint density at radius 2 is 1.73 bits per heavy atom. The fraction of sp³-hybridized carbons (Fsp3) is 0.381. The summed E-state index contributed by atoms with van der Waals surface area (Å²) in [6.45, 7) is 8.44. The second-order valence-corrected chi connectivity index (χ2v) is 6.49. The summed E-state index contributed by atoms with van der Waals surface area (Å²) in [4.78, 5) is 16.6. The van der Waals surface area contributed by atoms with Gasteiger partial charge in [0.25, 0.3) is 0 Å². The van der Waals surface area contributed by atoms with E-state index in [0.29, 0.717) is 13.2 Å². The zero-order valence-corrected chi connectivity index (χ0v) is 15.6. The molecule has 0 saturated carbocycles. The minimum atomic E-state index is 0.0135. The first-order valence-electron chi connectivity index (χ1n) is 9.22. The summed E-state index contributed by atoms with van der Waals surface area (Å²) in [5.41, 5.74) is 3.54. The lowest BCUT2D eigenvalue weighted by molar-refractivity contribution is 0.194. The van der Waals surface area contributed by atoms with Crippen LogP contribution in [-0.2, 0) is 6.54 Å². The van der Waals surface area contributed by atoms with Crippen LogP contribution in [0.3, 0.4) is 0 Å². The third-order valence-corrected chi connectivity index (χ3v) is 4.77. The molecule has 1 saturated heterocycles. The number of hydrogen-bond acceptors (Lipinski definition) is 3. The Bertz CT molecular complexity index is 722. The Morgan fingerprint density at radius 3 is 2.38 bits per heavy atom. The molecule has 3 rings (SSSR count). The highest BCUT2D eigenvalue weighted by molar-refractivity contribution is 5.74. The van der Waals surface area contributed by atoms with Crippen LogP contribution in [0.5, 0.6) is 5.75 Å². The van der Waals surface area contributed by atoms with Crippen LogP contribution in [0.15, 0.2) is 48.5 Å². The number of benzene rings is 2. The lowest BCUT2D eigenvalue weighted by Crippen LogP contribution is -2.51. The lowest BCUT2D eigenvalue weighted by atomic mass is 10.1. The summed E-state index contributed by atoms with van der Waals surface area (Å²) in [5.74, 6) is 0.894. The first-order valence-corrected chi connectivity index (χ1v) is 9.22. The number of nitrogens with one attached hydrogen (secondary N) is 1. The molecule has 5 nitrogen and oxygen atoms in total. The average molecular weight is 353 g/mol. The quantitative estimate of drug-likeness (QED) is 0.896. The van der Waals surface area contributed by atoms with Crippen molar-refractivity contribution in [3.05, 3.63) is 59.7 Å². The first kappa shape index (κ1) is 18.1. The van der Waals surface area contributed by atoms with Crippen molar-refractivity contribution in [3.8, 4) is 5.75 Å². The predicted octanol–water partition coefficient (Wildman–Crippen LogP) is 3.43. The van der Waals surface area contributed by atoms with Crippen LogP contribution < -0.4 is 15.0 Å². The van der Waals surface area contributed by atoms with E-state index in [4.69, 9.17) is 4.74 Å². The largest absolute Gasteiger partial charge is 0.494 e. The number of piperazine rings is 1. The molecule has 0 atom stereocenters. The van der Waals surface area contributed by atoms with E-state index < -0.39 is 0 Å². The SMILES string of the molecule is CCOc1ccc(N2CCN(C(=O)NCc3ccccc3C)CC2)cc1. The van der Waals surface area contributed by atoms with Gasteiger partial charge in [-0.25, -0.2) is 4.79 Å². The van der Waals surface area contributed by atoms with Crippen molar-refractivity contribution in [2.45, 2.75) is 20.4 Å². The molecule has 1 aliphatic rings. The maximum absolute atomic E-state index is 12.4. The summed E-state index contributed by atoms with van der Waals surface area (Å²) in [5, 5.41) is 3.04. The maximum atomic E-state index is 12.4. The van der Waals surface area contributed by atoms with Crippen molar-refractivity contribution in [1.29, 1.82) is 0 Å². The van der Waals surface area contributed by atoms with Crippen LogP contribution in [0.25, 0.3) is 0 Å². The third kappa shape index (κ3) is 4.48. The van der Waals surface area contributed by atoms with Crippen LogP contribution >= 0.6 is 0 Å². The predicted molar refractivity (Wildman–Crippen MR) is 105 cm³/mol. The van der Waals surface area contributed by atoms with Gasteiger partial charge >= 0.3 is 6.03 Å². The maximum Gasteiger partial charge on any atom is 0.317 e. The number of nitrogens with zero attached hydrogens (tertiary/aromatic N) is 2. The van der Waals surface area contributed by atoms with Gasteiger partial charge in [0.05, 0.1) is 6.61 Å². The number of ether oxygens (including phenoxy) is 1. The molecule has 2 aromatic carbocycles. The van der Waals surface area contributed by atoms with Crippen molar-refractivity contribution >= 4 is 11.7 Å². The van der Waals surface area contributed by atoms with Crippen molar-refractivity contribution < 1.29 is 9.53 Å². The minimum Gasteiger partial charge on any atom is -0.494 e. The molecule has 1 aliphatic heterocycles. The summed E-state index contributed by atoms with van der Waals surface area (Å²) in [6.07, 6.45) is 0. The van der Waals surface area contributed by atoms with Gasteiger partial charge in [-0.15, -0.1) is 0 Å². The molecule has 5 heteroatoms. The van der Waals surface area contributed by atoms with Gasteiger partial charge in [0, 0.05) is 38.4 Å². The average Bonchev–Trinajstić information content (AvgIpc) is 2.68. The minimum absolute atomic E-state index is 0.0135. The molecule has 0 bridgehead atoms. The van der Waals surface area contributed by atoms with Gasteiger partial charge in [0.1, 0.15) is 5.75 Å².